The van der Waals surface area contributed by atoms with E-state index in [1.807, 2.05) is 4.90 Å². The van der Waals surface area contributed by atoms with E-state index in [1.54, 1.807) is 28.9 Å². The van der Waals surface area contributed by atoms with Gasteiger partial charge in [-0.15, -0.1) is 0 Å². The quantitative estimate of drug-likeness (QED) is 0.780. The molecule has 25 heavy (non-hydrogen) atoms. The summed E-state index contributed by atoms with van der Waals surface area (Å²) in [5.41, 5.74) is 3.21. The first-order valence-electron chi connectivity index (χ1n) is 8.39. The number of aryl methyl sites for hydroxylation is 1. The number of nitrogens with zero attached hydrogens (tertiary/aromatic N) is 4. The fourth-order valence-electron chi connectivity index (χ4n) is 3.26. The molecule has 6 heteroatoms. The van der Waals surface area contributed by atoms with Crippen molar-refractivity contribution in [2.75, 3.05) is 31.1 Å². The lowest BCUT2D eigenvalue weighted by Crippen LogP contribution is -2.48. The number of imidazole rings is 1. The van der Waals surface area contributed by atoms with Gasteiger partial charge in [-0.2, -0.15) is 0 Å². The molecule has 1 aliphatic heterocycles. The summed E-state index contributed by atoms with van der Waals surface area (Å²) in [6.07, 6.45) is 3.44. The van der Waals surface area contributed by atoms with Crippen molar-refractivity contribution in [2.45, 2.75) is 6.92 Å². The number of hydrogen-bond acceptors (Lipinski definition) is 4. The first-order chi connectivity index (χ1) is 12.1. The number of aromatic hydroxyl groups is 1. The van der Waals surface area contributed by atoms with E-state index < -0.39 is 0 Å². The van der Waals surface area contributed by atoms with E-state index in [4.69, 9.17) is 0 Å². The van der Waals surface area contributed by atoms with Crippen LogP contribution in [0.25, 0.3) is 5.65 Å². The van der Waals surface area contributed by atoms with Crippen LogP contribution in [0.5, 0.6) is 5.75 Å². The van der Waals surface area contributed by atoms with E-state index in [0.717, 1.165) is 13.1 Å². The zero-order chi connectivity index (χ0) is 17.4. The second-order valence-corrected chi connectivity index (χ2v) is 6.37. The SMILES string of the molecule is Cc1cccc(N2CCN(C(=O)c3cn4cccc(O)c4n3)CC2)c1. The Balaban J connectivity index is 1.48. The summed E-state index contributed by atoms with van der Waals surface area (Å²) in [5.74, 6) is -0.0159. The Morgan fingerprint density at radius 3 is 2.64 bits per heavy atom. The normalized spacial score (nSPS) is 14.9. The Kier molecular flexibility index (Phi) is 3.80. The Bertz CT molecular complexity index is 926. The van der Waals surface area contributed by atoms with E-state index >= 15 is 0 Å². The van der Waals surface area contributed by atoms with Gasteiger partial charge in [0.2, 0.25) is 0 Å². The molecule has 0 bridgehead atoms. The lowest BCUT2D eigenvalue weighted by atomic mass is 10.2. The Labute approximate surface area is 145 Å². The number of piperazine rings is 1. The van der Waals surface area contributed by atoms with Crippen LogP contribution < -0.4 is 4.90 Å². The Morgan fingerprint density at radius 2 is 1.92 bits per heavy atom. The number of benzene rings is 1. The summed E-state index contributed by atoms with van der Waals surface area (Å²) in [6.45, 7) is 5.00. The minimum atomic E-state index is -0.0907. The topological polar surface area (TPSA) is 61.1 Å². The highest BCUT2D eigenvalue weighted by Gasteiger charge is 2.24. The molecule has 1 amide bonds. The van der Waals surface area contributed by atoms with Crippen LogP contribution in [0, 0.1) is 6.92 Å². The molecule has 1 aromatic carbocycles. The van der Waals surface area contributed by atoms with Crippen LogP contribution in [0.15, 0.2) is 48.8 Å². The molecule has 1 N–H and O–H groups in total. The van der Waals surface area contributed by atoms with Crippen molar-refractivity contribution in [3.05, 3.63) is 60.0 Å². The average Bonchev–Trinajstić information content (AvgIpc) is 3.07. The summed E-state index contributed by atoms with van der Waals surface area (Å²) < 4.78 is 1.67. The summed E-state index contributed by atoms with van der Waals surface area (Å²) >= 11 is 0. The second-order valence-electron chi connectivity index (χ2n) is 6.37. The van der Waals surface area contributed by atoms with Gasteiger partial charge in [0.15, 0.2) is 11.4 Å². The highest BCUT2D eigenvalue weighted by Crippen LogP contribution is 2.20. The number of fused-ring (bicyclic) bond motifs is 1. The Hall–Kier alpha value is -3.02. The van der Waals surface area contributed by atoms with Crippen molar-refractivity contribution in [3.8, 4) is 5.75 Å². The van der Waals surface area contributed by atoms with Crippen LogP contribution in [0.3, 0.4) is 0 Å². The molecule has 0 spiro atoms. The van der Waals surface area contributed by atoms with Crippen LogP contribution in [0.4, 0.5) is 5.69 Å². The van der Waals surface area contributed by atoms with Crippen LogP contribution >= 0.6 is 0 Å². The molecule has 0 atom stereocenters. The fraction of sp³-hybridized carbons (Fsp3) is 0.263. The molecule has 1 saturated heterocycles. The second kappa shape index (κ2) is 6.12. The molecule has 0 aliphatic carbocycles. The summed E-state index contributed by atoms with van der Waals surface area (Å²) in [6, 6.07) is 11.7. The molecular formula is C19H20N4O2. The molecule has 3 aromatic rings. The third-order valence-corrected chi connectivity index (χ3v) is 4.61. The van der Waals surface area contributed by atoms with Gasteiger partial charge in [0, 0.05) is 44.3 Å². The number of aromatic nitrogens is 2. The molecular weight excluding hydrogens is 316 g/mol. The molecule has 0 unspecified atom stereocenters. The minimum absolute atomic E-state index is 0.0748. The van der Waals surface area contributed by atoms with Crippen molar-refractivity contribution in [1.29, 1.82) is 0 Å². The van der Waals surface area contributed by atoms with Crippen molar-refractivity contribution < 1.29 is 9.90 Å². The number of hydrogen-bond donors (Lipinski definition) is 1. The molecule has 0 radical (unpaired) electrons. The standard InChI is InChI=1S/C19H20N4O2/c1-14-4-2-5-15(12-14)21-8-10-22(11-9-21)19(25)16-13-23-7-3-6-17(24)18(23)20-16/h2-7,12-13,24H,8-11H2,1H3. The molecule has 1 aliphatic rings. The summed E-state index contributed by atoms with van der Waals surface area (Å²) in [5, 5.41) is 9.84. The monoisotopic (exact) mass is 336 g/mol. The van der Waals surface area contributed by atoms with Crippen molar-refractivity contribution >= 4 is 17.2 Å². The van der Waals surface area contributed by atoms with E-state index in [0.29, 0.717) is 24.4 Å². The zero-order valence-electron chi connectivity index (χ0n) is 14.1. The lowest BCUT2D eigenvalue weighted by Gasteiger charge is -2.36. The van der Waals surface area contributed by atoms with Gasteiger partial charge < -0.3 is 19.3 Å². The number of anilines is 1. The van der Waals surface area contributed by atoms with Gasteiger partial charge in [0.05, 0.1) is 0 Å². The van der Waals surface area contributed by atoms with Crippen molar-refractivity contribution in [3.63, 3.8) is 0 Å². The lowest BCUT2D eigenvalue weighted by molar-refractivity contribution is 0.0741. The zero-order valence-corrected chi connectivity index (χ0v) is 14.1. The highest BCUT2D eigenvalue weighted by molar-refractivity contribution is 5.93. The largest absolute Gasteiger partial charge is 0.504 e. The van der Waals surface area contributed by atoms with Gasteiger partial charge in [-0.25, -0.2) is 4.98 Å². The van der Waals surface area contributed by atoms with E-state index in [1.165, 1.54) is 11.3 Å². The number of rotatable bonds is 2. The smallest absolute Gasteiger partial charge is 0.274 e. The molecule has 2 aromatic heterocycles. The molecule has 3 heterocycles. The summed E-state index contributed by atoms with van der Waals surface area (Å²) in [7, 11) is 0. The van der Waals surface area contributed by atoms with Crippen LogP contribution in [0.2, 0.25) is 0 Å². The average molecular weight is 336 g/mol. The van der Waals surface area contributed by atoms with Gasteiger partial charge in [0.1, 0.15) is 5.69 Å². The summed E-state index contributed by atoms with van der Waals surface area (Å²) in [4.78, 5) is 21.1. The fourth-order valence-corrected chi connectivity index (χ4v) is 3.26. The van der Waals surface area contributed by atoms with E-state index in [2.05, 4.69) is 41.1 Å². The third kappa shape index (κ3) is 2.91. The van der Waals surface area contributed by atoms with Crippen LogP contribution in [0.1, 0.15) is 16.1 Å². The predicted octanol–water partition coefficient (Wildman–Crippen LogP) is 2.31. The molecule has 0 saturated carbocycles. The van der Waals surface area contributed by atoms with Crippen molar-refractivity contribution in [1.82, 2.24) is 14.3 Å². The van der Waals surface area contributed by atoms with E-state index in [-0.39, 0.29) is 11.7 Å². The van der Waals surface area contributed by atoms with Gasteiger partial charge in [-0.1, -0.05) is 12.1 Å². The molecule has 128 valence electrons. The first-order valence-corrected chi connectivity index (χ1v) is 8.39. The number of pyridine rings is 1. The minimum Gasteiger partial charge on any atom is -0.504 e. The van der Waals surface area contributed by atoms with Gasteiger partial charge >= 0.3 is 0 Å². The Morgan fingerprint density at radius 1 is 1.12 bits per heavy atom. The maximum atomic E-state index is 12.7. The first kappa shape index (κ1) is 15.5. The maximum Gasteiger partial charge on any atom is 0.274 e. The number of carbonyl (C=O) groups excluding carboxylic acids is 1. The van der Waals surface area contributed by atoms with Gasteiger partial charge in [-0.05, 0) is 36.8 Å². The maximum absolute atomic E-state index is 12.7. The molecule has 1 fully saturated rings. The predicted molar refractivity (Wildman–Crippen MR) is 96.2 cm³/mol. The molecule has 6 nitrogen and oxygen atoms in total. The van der Waals surface area contributed by atoms with Crippen molar-refractivity contribution in [2.24, 2.45) is 0 Å². The van der Waals surface area contributed by atoms with Gasteiger partial charge in [0.25, 0.3) is 5.91 Å². The van der Waals surface area contributed by atoms with Crippen LogP contribution in [-0.4, -0.2) is 51.5 Å². The number of amides is 1. The third-order valence-electron chi connectivity index (χ3n) is 4.61. The van der Waals surface area contributed by atoms with Crippen LogP contribution in [-0.2, 0) is 0 Å². The highest BCUT2D eigenvalue weighted by atomic mass is 16.3. The number of carbonyl (C=O) groups is 1. The van der Waals surface area contributed by atoms with Gasteiger partial charge in [-0.3, -0.25) is 4.79 Å². The molecule has 4 rings (SSSR count). The van der Waals surface area contributed by atoms with E-state index in [9.17, 15) is 9.90 Å².